The molecule has 6 rings (SSSR count). The molecule has 0 spiro atoms. The van der Waals surface area contributed by atoms with Crippen LogP contribution in [-0.4, -0.2) is 4.57 Å². The van der Waals surface area contributed by atoms with E-state index in [0.717, 1.165) is 25.7 Å². The van der Waals surface area contributed by atoms with Crippen molar-refractivity contribution < 1.29 is 0 Å². The average Bonchev–Trinajstić information content (AvgIpc) is 3.41. The maximum Gasteiger partial charge on any atom is 0.0541 e. The average molecular weight is 564 g/mol. The standard InChI is InChI=1S/C42H45N/c1-7-41(5,8-2)34-22-16-30(17-23-34)32-20-26-39-37(28-32)38-29-33(21-27-40(38)43(39)36-14-12-11-13-15-36)31-18-24-35(25-19-31)42(6,9-3)10-4/h11-29H,7-10H2,1-6H3. The van der Waals surface area contributed by atoms with Crippen LogP contribution in [0.15, 0.2) is 115 Å². The fourth-order valence-electron chi connectivity index (χ4n) is 6.68. The third-order valence-electron chi connectivity index (χ3n) is 10.7. The van der Waals surface area contributed by atoms with Crippen LogP contribution in [-0.2, 0) is 10.8 Å². The van der Waals surface area contributed by atoms with E-state index in [1.54, 1.807) is 0 Å². The van der Waals surface area contributed by atoms with E-state index in [4.69, 9.17) is 0 Å². The van der Waals surface area contributed by atoms with Gasteiger partial charge < -0.3 is 4.57 Å². The van der Waals surface area contributed by atoms with Crippen LogP contribution in [0.4, 0.5) is 0 Å². The molecule has 218 valence electrons. The quantitative estimate of drug-likeness (QED) is 0.165. The van der Waals surface area contributed by atoms with Crippen molar-refractivity contribution in [1.29, 1.82) is 0 Å². The summed E-state index contributed by atoms with van der Waals surface area (Å²) in [5, 5.41) is 2.57. The molecule has 0 saturated heterocycles. The summed E-state index contributed by atoms with van der Waals surface area (Å²) < 4.78 is 2.41. The highest BCUT2D eigenvalue weighted by atomic mass is 15.0. The van der Waals surface area contributed by atoms with Crippen molar-refractivity contribution in [1.82, 2.24) is 4.57 Å². The van der Waals surface area contributed by atoms with Gasteiger partial charge in [0.1, 0.15) is 0 Å². The van der Waals surface area contributed by atoms with Crippen molar-refractivity contribution in [2.75, 3.05) is 0 Å². The van der Waals surface area contributed by atoms with Gasteiger partial charge in [-0.3, -0.25) is 0 Å². The molecule has 0 saturated carbocycles. The van der Waals surface area contributed by atoms with Crippen LogP contribution in [0.3, 0.4) is 0 Å². The Labute approximate surface area is 258 Å². The number of para-hydroxylation sites is 1. The SMILES string of the molecule is CCC(C)(CC)c1ccc(-c2ccc3c(c2)c2cc(-c4ccc(C(C)(CC)CC)cc4)ccc2n3-c2ccccc2)cc1. The largest absolute Gasteiger partial charge is 0.309 e. The van der Waals surface area contributed by atoms with Gasteiger partial charge in [-0.05, 0) is 106 Å². The summed E-state index contributed by atoms with van der Waals surface area (Å²) in [6.07, 6.45) is 4.59. The minimum Gasteiger partial charge on any atom is -0.309 e. The van der Waals surface area contributed by atoms with E-state index in [2.05, 4.69) is 161 Å². The number of hydrogen-bond acceptors (Lipinski definition) is 0. The summed E-state index contributed by atoms with van der Waals surface area (Å²) >= 11 is 0. The molecule has 0 fully saturated rings. The second kappa shape index (κ2) is 11.5. The molecule has 1 heteroatoms. The van der Waals surface area contributed by atoms with Crippen molar-refractivity contribution in [2.24, 2.45) is 0 Å². The summed E-state index contributed by atoms with van der Waals surface area (Å²) in [6.45, 7) is 13.9. The van der Waals surface area contributed by atoms with E-state index < -0.39 is 0 Å². The van der Waals surface area contributed by atoms with Crippen molar-refractivity contribution in [3.8, 4) is 27.9 Å². The molecule has 0 radical (unpaired) electrons. The number of fused-ring (bicyclic) bond motifs is 3. The molecule has 0 bridgehead atoms. The first kappa shape index (κ1) is 29.0. The smallest absolute Gasteiger partial charge is 0.0541 e. The molecular weight excluding hydrogens is 518 g/mol. The Bertz CT molecular complexity index is 1730. The number of benzene rings is 5. The van der Waals surface area contributed by atoms with Gasteiger partial charge in [-0.2, -0.15) is 0 Å². The molecule has 0 atom stereocenters. The Kier molecular flexibility index (Phi) is 7.77. The highest BCUT2D eigenvalue weighted by Crippen LogP contribution is 2.39. The van der Waals surface area contributed by atoms with E-state index in [9.17, 15) is 0 Å². The molecule has 1 aromatic heterocycles. The minimum atomic E-state index is 0.228. The van der Waals surface area contributed by atoms with Gasteiger partial charge in [-0.1, -0.05) is 120 Å². The van der Waals surface area contributed by atoms with Crippen molar-refractivity contribution in [2.45, 2.75) is 78.1 Å². The normalized spacial score (nSPS) is 12.3. The van der Waals surface area contributed by atoms with Crippen molar-refractivity contribution in [3.05, 3.63) is 126 Å². The maximum atomic E-state index is 2.41. The van der Waals surface area contributed by atoms with E-state index in [0.29, 0.717) is 0 Å². The van der Waals surface area contributed by atoms with E-state index in [1.807, 2.05) is 0 Å². The number of aromatic nitrogens is 1. The molecule has 0 amide bonds. The molecule has 0 unspecified atom stereocenters. The predicted molar refractivity (Wildman–Crippen MR) is 188 cm³/mol. The molecule has 0 aliphatic carbocycles. The maximum absolute atomic E-state index is 2.41. The van der Waals surface area contributed by atoms with Gasteiger partial charge in [0.05, 0.1) is 11.0 Å². The van der Waals surface area contributed by atoms with E-state index in [-0.39, 0.29) is 10.8 Å². The summed E-state index contributed by atoms with van der Waals surface area (Å²) in [4.78, 5) is 0. The monoisotopic (exact) mass is 563 g/mol. The van der Waals surface area contributed by atoms with Gasteiger partial charge >= 0.3 is 0 Å². The summed E-state index contributed by atoms with van der Waals surface area (Å²) in [7, 11) is 0. The van der Waals surface area contributed by atoms with Crippen LogP contribution < -0.4 is 0 Å². The second-order valence-electron chi connectivity index (χ2n) is 12.8. The van der Waals surface area contributed by atoms with Crippen LogP contribution in [0, 0.1) is 0 Å². The van der Waals surface area contributed by atoms with E-state index in [1.165, 1.54) is 60.9 Å². The molecule has 6 aromatic rings. The van der Waals surface area contributed by atoms with Crippen LogP contribution in [0.25, 0.3) is 49.7 Å². The highest BCUT2D eigenvalue weighted by Gasteiger charge is 2.23. The zero-order chi connectivity index (χ0) is 30.2. The Morgan fingerprint density at radius 2 is 0.814 bits per heavy atom. The van der Waals surface area contributed by atoms with Gasteiger partial charge in [0.15, 0.2) is 0 Å². The van der Waals surface area contributed by atoms with Crippen LogP contribution in [0.2, 0.25) is 0 Å². The zero-order valence-electron chi connectivity index (χ0n) is 26.7. The van der Waals surface area contributed by atoms with Gasteiger partial charge in [-0.25, -0.2) is 0 Å². The molecular formula is C42H45N. The lowest BCUT2D eigenvalue weighted by molar-refractivity contribution is 0.439. The topological polar surface area (TPSA) is 4.93 Å². The third kappa shape index (κ3) is 5.10. The third-order valence-corrected chi connectivity index (χ3v) is 10.7. The second-order valence-corrected chi connectivity index (χ2v) is 12.8. The van der Waals surface area contributed by atoms with Gasteiger partial charge in [0.2, 0.25) is 0 Å². The molecule has 0 aliphatic rings. The lowest BCUT2D eigenvalue weighted by Crippen LogP contribution is -2.19. The first-order chi connectivity index (χ1) is 20.8. The van der Waals surface area contributed by atoms with Crippen molar-refractivity contribution in [3.63, 3.8) is 0 Å². The molecule has 0 N–H and O–H groups in total. The predicted octanol–water partition coefficient (Wildman–Crippen LogP) is 12.3. The first-order valence-electron chi connectivity index (χ1n) is 16.2. The minimum absolute atomic E-state index is 0.228. The first-order valence-corrected chi connectivity index (χ1v) is 16.2. The lowest BCUT2D eigenvalue weighted by Gasteiger charge is -2.27. The van der Waals surface area contributed by atoms with Gasteiger partial charge in [0.25, 0.3) is 0 Å². The number of hydrogen-bond donors (Lipinski definition) is 0. The lowest BCUT2D eigenvalue weighted by atomic mass is 9.77. The number of rotatable bonds is 9. The summed E-state index contributed by atoms with van der Waals surface area (Å²) in [6, 6.07) is 43.3. The zero-order valence-corrected chi connectivity index (χ0v) is 26.7. The summed E-state index contributed by atoms with van der Waals surface area (Å²) in [5.41, 5.74) is 12.0. The number of nitrogens with zero attached hydrogens (tertiary/aromatic N) is 1. The Morgan fingerprint density at radius 1 is 0.442 bits per heavy atom. The Balaban J connectivity index is 1.49. The van der Waals surface area contributed by atoms with Gasteiger partial charge in [0, 0.05) is 16.5 Å². The Hall–Kier alpha value is -4.10. The molecule has 5 aromatic carbocycles. The molecule has 43 heavy (non-hydrogen) atoms. The molecule has 0 aliphatic heterocycles. The Morgan fingerprint density at radius 3 is 1.19 bits per heavy atom. The van der Waals surface area contributed by atoms with Crippen LogP contribution in [0.1, 0.15) is 78.4 Å². The van der Waals surface area contributed by atoms with Crippen LogP contribution >= 0.6 is 0 Å². The molecule has 1 heterocycles. The summed E-state index contributed by atoms with van der Waals surface area (Å²) in [5.74, 6) is 0. The highest BCUT2D eigenvalue weighted by molar-refractivity contribution is 6.11. The van der Waals surface area contributed by atoms with Gasteiger partial charge in [-0.15, -0.1) is 0 Å². The van der Waals surface area contributed by atoms with E-state index >= 15 is 0 Å². The fraction of sp³-hybridized carbons (Fsp3) is 0.286. The fourth-order valence-corrected chi connectivity index (χ4v) is 6.68. The molecule has 1 nitrogen and oxygen atoms in total. The van der Waals surface area contributed by atoms with Crippen LogP contribution in [0.5, 0.6) is 0 Å². The van der Waals surface area contributed by atoms with Crippen molar-refractivity contribution >= 4 is 21.8 Å².